The molecule has 0 spiro atoms. The molecule has 2 heterocycles. The summed E-state index contributed by atoms with van der Waals surface area (Å²) in [5, 5.41) is 17.3. The number of nitro groups is 1. The van der Waals surface area contributed by atoms with E-state index in [4.69, 9.17) is 0 Å². The lowest BCUT2D eigenvalue weighted by atomic mass is 10.2. The van der Waals surface area contributed by atoms with Gasteiger partial charge in [-0.25, -0.2) is 4.98 Å². The predicted octanol–water partition coefficient (Wildman–Crippen LogP) is 3.49. The number of nitro benzene ring substituents is 1. The van der Waals surface area contributed by atoms with Gasteiger partial charge in [0.25, 0.3) is 5.69 Å². The molecule has 1 unspecified atom stereocenters. The average Bonchev–Trinajstić information content (AvgIpc) is 3.15. The van der Waals surface area contributed by atoms with Gasteiger partial charge in [0.15, 0.2) is 0 Å². The zero-order chi connectivity index (χ0) is 21.7. The fourth-order valence-electron chi connectivity index (χ4n) is 3.57. The van der Waals surface area contributed by atoms with Crippen LogP contribution < -0.4 is 15.5 Å². The van der Waals surface area contributed by atoms with Crippen LogP contribution in [0.25, 0.3) is 0 Å². The van der Waals surface area contributed by atoms with E-state index in [0.717, 1.165) is 43.7 Å². The van der Waals surface area contributed by atoms with Crippen LogP contribution in [0.2, 0.25) is 0 Å². The number of nitrogens with zero attached hydrogens (tertiary/aromatic N) is 4. The Hall–Kier alpha value is -3.23. The minimum atomic E-state index is -0.392. The van der Waals surface area contributed by atoms with Gasteiger partial charge in [0.2, 0.25) is 11.9 Å². The largest absolute Gasteiger partial charge is 0.354 e. The minimum absolute atomic E-state index is 0.0310. The van der Waals surface area contributed by atoms with Crippen LogP contribution in [0, 0.1) is 17.0 Å². The molecule has 3 rings (SSSR count). The maximum atomic E-state index is 11.4. The van der Waals surface area contributed by atoms with Gasteiger partial charge in [-0.15, -0.1) is 0 Å². The number of carbonyl (C=O) groups is 1. The molecule has 0 bridgehead atoms. The number of anilines is 3. The number of aryl methyl sites for hydroxylation is 2. The molecule has 2 N–H and O–H groups in total. The Balaban J connectivity index is 1.85. The third kappa shape index (κ3) is 5.43. The molecule has 160 valence electrons. The fraction of sp³-hybridized carbons (Fsp3) is 0.476. The Bertz CT molecular complexity index is 933. The zero-order valence-electron chi connectivity index (χ0n) is 17.6. The second-order valence-corrected chi connectivity index (χ2v) is 7.66. The molecule has 1 aromatic carbocycles. The van der Waals surface area contributed by atoms with Crippen molar-refractivity contribution >= 4 is 29.0 Å². The Morgan fingerprint density at radius 2 is 2.13 bits per heavy atom. The van der Waals surface area contributed by atoms with Crippen LogP contribution in [0.5, 0.6) is 0 Å². The Morgan fingerprint density at radius 3 is 2.83 bits per heavy atom. The highest BCUT2D eigenvalue weighted by atomic mass is 16.6. The molecule has 0 radical (unpaired) electrons. The SMILES string of the molecule is CCCCc1cc(N2CCC(NC(C)=O)C2)nc(Nc2ccc(C)c([N+](=O)[O-])c2)n1. The van der Waals surface area contributed by atoms with E-state index >= 15 is 0 Å². The van der Waals surface area contributed by atoms with Crippen molar-refractivity contribution in [2.75, 3.05) is 23.3 Å². The highest BCUT2D eigenvalue weighted by Crippen LogP contribution is 2.26. The van der Waals surface area contributed by atoms with E-state index in [0.29, 0.717) is 23.7 Å². The van der Waals surface area contributed by atoms with Gasteiger partial charge in [-0.3, -0.25) is 14.9 Å². The monoisotopic (exact) mass is 412 g/mol. The molecule has 9 heteroatoms. The van der Waals surface area contributed by atoms with Crippen LogP contribution in [-0.4, -0.2) is 39.9 Å². The summed E-state index contributed by atoms with van der Waals surface area (Å²) in [7, 11) is 0. The number of benzene rings is 1. The molecule has 1 aromatic heterocycles. The number of carbonyl (C=O) groups excluding carboxylic acids is 1. The van der Waals surface area contributed by atoms with Gasteiger partial charge in [0.1, 0.15) is 5.82 Å². The number of nitrogens with one attached hydrogen (secondary N) is 2. The van der Waals surface area contributed by atoms with E-state index in [9.17, 15) is 14.9 Å². The van der Waals surface area contributed by atoms with Gasteiger partial charge in [0, 0.05) is 55.1 Å². The fourth-order valence-corrected chi connectivity index (χ4v) is 3.57. The van der Waals surface area contributed by atoms with Crippen LogP contribution >= 0.6 is 0 Å². The molecular formula is C21H28N6O3. The van der Waals surface area contributed by atoms with Crippen molar-refractivity contribution < 1.29 is 9.72 Å². The van der Waals surface area contributed by atoms with Crippen molar-refractivity contribution in [3.63, 3.8) is 0 Å². The average molecular weight is 412 g/mol. The molecular weight excluding hydrogens is 384 g/mol. The summed E-state index contributed by atoms with van der Waals surface area (Å²) in [6, 6.07) is 7.09. The lowest BCUT2D eigenvalue weighted by Gasteiger charge is -2.19. The maximum Gasteiger partial charge on any atom is 0.274 e. The van der Waals surface area contributed by atoms with Gasteiger partial charge in [0.05, 0.1) is 4.92 Å². The van der Waals surface area contributed by atoms with Gasteiger partial charge >= 0.3 is 0 Å². The molecule has 1 saturated heterocycles. The van der Waals surface area contributed by atoms with Crippen molar-refractivity contribution in [3.8, 4) is 0 Å². The summed E-state index contributed by atoms with van der Waals surface area (Å²) in [6.07, 6.45) is 3.76. The highest BCUT2D eigenvalue weighted by molar-refractivity contribution is 5.73. The van der Waals surface area contributed by atoms with Gasteiger partial charge in [-0.05, 0) is 32.3 Å². The van der Waals surface area contributed by atoms with E-state index in [2.05, 4.69) is 32.4 Å². The smallest absolute Gasteiger partial charge is 0.274 e. The predicted molar refractivity (Wildman–Crippen MR) is 116 cm³/mol. The second kappa shape index (κ2) is 9.51. The van der Waals surface area contributed by atoms with Crippen molar-refractivity contribution in [1.82, 2.24) is 15.3 Å². The molecule has 2 aromatic rings. The standard InChI is InChI=1S/C21H28N6O3/c1-4-5-6-16-12-20(26-10-9-18(13-26)22-15(3)28)25-21(23-16)24-17-8-7-14(2)19(11-17)27(29)30/h7-8,11-12,18H,4-6,9-10,13H2,1-3H3,(H,22,28)(H,23,24,25). The number of rotatable bonds is 8. The van der Waals surface area contributed by atoms with E-state index in [1.165, 1.54) is 13.0 Å². The quantitative estimate of drug-likeness (QED) is 0.504. The third-order valence-electron chi connectivity index (χ3n) is 5.13. The van der Waals surface area contributed by atoms with Crippen LogP contribution in [0.3, 0.4) is 0 Å². The number of hydrogen-bond donors (Lipinski definition) is 2. The van der Waals surface area contributed by atoms with Crippen molar-refractivity contribution in [1.29, 1.82) is 0 Å². The minimum Gasteiger partial charge on any atom is -0.354 e. The van der Waals surface area contributed by atoms with E-state index < -0.39 is 4.92 Å². The number of aromatic nitrogens is 2. The van der Waals surface area contributed by atoms with E-state index in [-0.39, 0.29) is 17.6 Å². The first kappa shape index (κ1) is 21.5. The van der Waals surface area contributed by atoms with Crippen LogP contribution in [0.15, 0.2) is 24.3 Å². The summed E-state index contributed by atoms with van der Waals surface area (Å²) in [4.78, 5) is 33.6. The Labute approximate surface area is 176 Å². The van der Waals surface area contributed by atoms with Crippen molar-refractivity contribution in [2.24, 2.45) is 0 Å². The molecule has 0 saturated carbocycles. The number of amides is 1. The first-order valence-electron chi connectivity index (χ1n) is 10.3. The summed E-state index contributed by atoms with van der Waals surface area (Å²) in [5.41, 5.74) is 2.15. The molecule has 1 fully saturated rings. The van der Waals surface area contributed by atoms with Crippen LogP contribution in [-0.2, 0) is 11.2 Å². The molecule has 1 aliphatic heterocycles. The molecule has 1 aliphatic rings. The molecule has 9 nitrogen and oxygen atoms in total. The number of unbranched alkanes of at least 4 members (excludes halogenated alkanes) is 1. The molecule has 1 amide bonds. The lowest BCUT2D eigenvalue weighted by Crippen LogP contribution is -2.35. The number of hydrogen-bond acceptors (Lipinski definition) is 7. The summed E-state index contributed by atoms with van der Waals surface area (Å²) >= 11 is 0. The zero-order valence-corrected chi connectivity index (χ0v) is 17.6. The molecule has 0 aliphatic carbocycles. The lowest BCUT2D eigenvalue weighted by molar-refractivity contribution is -0.385. The van der Waals surface area contributed by atoms with Crippen molar-refractivity contribution in [3.05, 3.63) is 45.6 Å². The maximum absolute atomic E-state index is 11.4. The molecule has 30 heavy (non-hydrogen) atoms. The van der Waals surface area contributed by atoms with Gasteiger partial charge < -0.3 is 15.5 Å². The van der Waals surface area contributed by atoms with Crippen LogP contribution in [0.4, 0.5) is 23.1 Å². The summed E-state index contributed by atoms with van der Waals surface area (Å²) in [6.45, 7) is 6.86. The highest BCUT2D eigenvalue weighted by Gasteiger charge is 2.25. The second-order valence-electron chi connectivity index (χ2n) is 7.66. The topological polar surface area (TPSA) is 113 Å². The Kier molecular flexibility index (Phi) is 6.81. The first-order valence-corrected chi connectivity index (χ1v) is 10.3. The van der Waals surface area contributed by atoms with Crippen molar-refractivity contribution in [2.45, 2.75) is 52.5 Å². The summed E-state index contributed by atoms with van der Waals surface area (Å²) < 4.78 is 0. The third-order valence-corrected chi connectivity index (χ3v) is 5.13. The molecule has 1 atom stereocenters. The summed E-state index contributed by atoms with van der Waals surface area (Å²) in [5.74, 6) is 1.18. The van der Waals surface area contributed by atoms with Gasteiger partial charge in [-0.1, -0.05) is 19.4 Å². The first-order chi connectivity index (χ1) is 14.4. The normalized spacial score (nSPS) is 15.8. The van der Waals surface area contributed by atoms with Gasteiger partial charge in [-0.2, -0.15) is 4.98 Å². The van der Waals surface area contributed by atoms with E-state index in [1.54, 1.807) is 19.1 Å². The Morgan fingerprint density at radius 1 is 1.33 bits per heavy atom. The van der Waals surface area contributed by atoms with E-state index in [1.807, 2.05) is 6.07 Å². The van der Waals surface area contributed by atoms with Crippen LogP contribution in [0.1, 0.15) is 44.4 Å².